The van der Waals surface area contributed by atoms with Crippen LogP contribution in [0.2, 0.25) is 0 Å². The largest absolute Gasteiger partial charge is 0.0613 e. The van der Waals surface area contributed by atoms with Crippen molar-refractivity contribution in [2.75, 3.05) is 0 Å². The highest BCUT2D eigenvalue weighted by Gasteiger charge is 2.00. The molecule has 3 rings (SSSR count). The minimum absolute atomic E-state index is 1.09. The number of aryl methyl sites for hydroxylation is 2. The summed E-state index contributed by atoms with van der Waals surface area (Å²) in [6.45, 7) is 4.30. The van der Waals surface area contributed by atoms with Crippen LogP contribution in [-0.4, -0.2) is 0 Å². The van der Waals surface area contributed by atoms with Gasteiger partial charge in [-0.05, 0) is 41.2 Å². The summed E-state index contributed by atoms with van der Waals surface area (Å²) in [5.41, 5.74) is 7.77. The van der Waals surface area contributed by atoms with E-state index in [-0.39, 0.29) is 0 Å². The normalized spacial score (nSPS) is 10.6. The Labute approximate surface area is 127 Å². The molecule has 0 heterocycles. The van der Waals surface area contributed by atoms with Crippen LogP contribution in [0.25, 0.3) is 22.3 Å². The smallest absolute Gasteiger partial charge is 0.0184 e. The Hall–Kier alpha value is -2.34. The molecule has 0 saturated heterocycles. The summed E-state index contributed by atoms with van der Waals surface area (Å²) in [5, 5.41) is 0. The number of rotatable bonds is 3. The van der Waals surface area contributed by atoms with E-state index in [0.717, 1.165) is 6.42 Å². The first-order valence-electron chi connectivity index (χ1n) is 7.52. The first kappa shape index (κ1) is 13.6. The van der Waals surface area contributed by atoms with Crippen molar-refractivity contribution < 1.29 is 0 Å². The molecule has 21 heavy (non-hydrogen) atoms. The molecule has 0 atom stereocenters. The standard InChI is InChI=1S/C21H20/c1-3-17-6-10-19(11-7-17)21-14-12-20(13-15-21)18-8-4-16(2)5-9-18/h4-15H,3H2,1-2H3. The highest BCUT2D eigenvalue weighted by molar-refractivity contribution is 5.70. The predicted octanol–water partition coefficient (Wildman–Crippen LogP) is 5.89. The van der Waals surface area contributed by atoms with Gasteiger partial charge >= 0.3 is 0 Å². The molecular formula is C21H20. The molecule has 0 unspecified atom stereocenters. The van der Waals surface area contributed by atoms with Gasteiger partial charge in [-0.15, -0.1) is 0 Å². The molecule has 0 aliphatic rings. The van der Waals surface area contributed by atoms with E-state index >= 15 is 0 Å². The molecule has 104 valence electrons. The Morgan fingerprint density at radius 1 is 0.524 bits per heavy atom. The fourth-order valence-electron chi connectivity index (χ4n) is 2.53. The maximum atomic E-state index is 2.21. The summed E-state index contributed by atoms with van der Waals surface area (Å²) in [6.07, 6.45) is 1.09. The van der Waals surface area contributed by atoms with Gasteiger partial charge in [0.25, 0.3) is 0 Å². The van der Waals surface area contributed by atoms with Crippen LogP contribution in [0.5, 0.6) is 0 Å². The fourth-order valence-corrected chi connectivity index (χ4v) is 2.53. The molecule has 0 aliphatic carbocycles. The monoisotopic (exact) mass is 272 g/mol. The molecular weight excluding hydrogens is 252 g/mol. The molecule has 0 aromatic heterocycles. The van der Waals surface area contributed by atoms with Gasteiger partial charge in [-0.3, -0.25) is 0 Å². The minimum atomic E-state index is 1.09. The Morgan fingerprint density at radius 3 is 1.24 bits per heavy atom. The Kier molecular flexibility index (Phi) is 3.87. The average molecular weight is 272 g/mol. The van der Waals surface area contributed by atoms with Gasteiger partial charge in [0.15, 0.2) is 0 Å². The second-order valence-corrected chi connectivity index (χ2v) is 5.49. The maximum Gasteiger partial charge on any atom is -0.0184 e. The summed E-state index contributed by atoms with van der Waals surface area (Å²) < 4.78 is 0. The van der Waals surface area contributed by atoms with Crippen molar-refractivity contribution in [2.45, 2.75) is 20.3 Å². The first-order valence-corrected chi connectivity index (χ1v) is 7.52. The first-order chi connectivity index (χ1) is 10.3. The second kappa shape index (κ2) is 5.97. The van der Waals surface area contributed by atoms with Crippen molar-refractivity contribution in [2.24, 2.45) is 0 Å². The lowest BCUT2D eigenvalue weighted by Gasteiger charge is -2.06. The van der Waals surface area contributed by atoms with Gasteiger partial charge in [-0.1, -0.05) is 85.3 Å². The van der Waals surface area contributed by atoms with Crippen molar-refractivity contribution >= 4 is 0 Å². The van der Waals surface area contributed by atoms with Crippen LogP contribution in [-0.2, 0) is 6.42 Å². The van der Waals surface area contributed by atoms with E-state index in [1.54, 1.807) is 0 Å². The zero-order chi connectivity index (χ0) is 14.7. The highest BCUT2D eigenvalue weighted by Crippen LogP contribution is 2.25. The molecule has 3 aromatic rings. The molecule has 0 aliphatic heterocycles. The van der Waals surface area contributed by atoms with E-state index < -0.39 is 0 Å². The zero-order valence-corrected chi connectivity index (χ0v) is 12.6. The van der Waals surface area contributed by atoms with Crippen LogP contribution in [0, 0.1) is 6.92 Å². The van der Waals surface area contributed by atoms with E-state index in [4.69, 9.17) is 0 Å². The summed E-state index contributed by atoms with van der Waals surface area (Å²) in [7, 11) is 0. The SMILES string of the molecule is CCc1ccc(-c2ccc(-c3ccc(C)cc3)cc2)cc1. The lowest BCUT2D eigenvalue weighted by atomic mass is 9.99. The quantitative estimate of drug-likeness (QED) is 0.557. The predicted molar refractivity (Wildman–Crippen MR) is 91.4 cm³/mol. The van der Waals surface area contributed by atoms with Crippen LogP contribution < -0.4 is 0 Å². The van der Waals surface area contributed by atoms with Crippen molar-refractivity contribution in [3.8, 4) is 22.3 Å². The molecule has 0 bridgehead atoms. The fraction of sp³-hybridized carbons (Fsp3) is 0.143. The van der Waals surface area contributed by atoms with Crippen LogP contribution in [0.3, 0.4) is 0 Å². The molecule has 0 heteroatoms. The molecule has 0 saturated carbocycles. The summed E-state index contributed by atoms with van der Waals surface area (Å²) >= 11 is 0. The molecule has 0 radical (unpaired) electrons. The van der Waals surface area contributed by atoms with Crippen LogP contribution in [0.4, 0.5) is 0 Å². The van der Waals surface area contributed by atoms with Gasteiger partial charge in [-0.25, -0.2) is 0 Å². The van der Waals surface area contributed by atoms with E-state index in [1.807, 2.05) is 0 Å². The number of benzene rings is 3. The minimum Gasteiger partial charge on any atom is -0.0613 e. The molecule has 0 fully saturated rings. The third kappa shape index (κ3) is 3.05. The lowest BCUT2D eigenvalue weighted by molar-refractivity contribution is 1.14. The van der Waals surface area contributed by atoms with E-state index in [1.165, 1.54) is 33.4 Å². The van der Waals surface area contributed by atoms with Gasteiger partial charge in [-0.2, -0.15) is 0 Å². The van der Waals surface area contributed by atoms with Crippen molar-refractivity contribution in [3.63, 3.8) is 0 Å². The van der Waals surface area contributed by atoms with E-state index in [2.05, 4.69) is 86.6 Å². The summed E-state index contributed by atoms with van der Waals surface area (Å²) in [6, 6.07) is 26.3. The molecule has 0 N–H and O–H groups in total. The van der Waals surface area contributed by atoms with Crippen molar-refractivity contribution in [1.82, 2.24) is 0 Å². The topological polar surface area (TPSA) is 0 Å². The van der Waals surface area contributed by atoms with Crippen molar-refractivity contribution in [3.05, 3.63) is 83.9 Å². The van der Waals surface area contributed by atoms with Crippen LogP contribution in [0.1, 0.15) is 18.1 Å². The van der Waals surface area contributed by atoms with Crippen LogP contribution >= 0.6 is 0 Å². The van der Waals surface area contributed by atoms with Gasteiger partial charge in [0.05, 0.1) is 0 Å². The second-order valence-electron chi connectivity index (χ2n) is 5.49. The highest BCUT2D eigenvalue weighted by atomic mass is 14.1. The third-order valence-electron chi connectivity index (χ3n) is 3.97. The third-order valence-corrected chi connectivity index (χ3v) is 3.97. The maximum absolute atomic E-state index is 2.21. The average Bonchev–Trinajstić information content (AvgIpc) is 2.56. The Balaban J connectivity index is 1.87. The van der Waals surface area contributed by atoms with Gasteiger partial charge in [0.1, 0.15) is 0 Å². The zero-order valence-electron chi connectivity index (χ0n) is 12.6. The Morgan fingerprint density at radius 2 is 0.857 bits per heavy atom. The van der Waals surface area contributed by atoms with Crippen molar-refractivity contribution in [1.29, 1.82) is 0 Å². The van der Waals surface area contributed by atoms with Gasteiger partial charge in [0.2, 0.25) is 0 Å². The van der Waals surface area contributed by atoms with Crippen LogP contribution in [0.15, 0.2) is 72.8 Å². The summed E-state index contributed by atoms with van der Waals surface area (Å²) in [5.74, 6) is 0. The van der Waals surface area contributed by atoms with Gasteiger partial charge < -0.3 is 0 Å². The Bertz CT molecular complexity index is 701. The lowest BCUT2D eigenvalue weighted by Crippen LogP contribution is -1.83. The van der Waals surface area contributed by atoms with E-state index in [9.17, 15) is 0 Å². The number of hydrogen-bond acceptors (Lipinski definition) is 0. The number of hydrogen-bond donors (Lipinski definition) is 0. The molecule has 0 nitrogen and oxygen atoms in total. The molecule has 3 aromatic carbocycles. The van der Waals surface area contributed by atoms with Gasteiger partial charge in [0, 0.05) is 0 Å². The molecule has 0 spiro atoms. The van der Waals surface area contributed by atoms with E-state index in [0.29, 0.717) is 0 Å². The molecule has 0 amide bonds. The summed E-state index contributed by atoms with van der Waals surface area (Å²) in [4.78, 5) is 0.